The molecule has 0 bridgehead atoms. The molecule has 5 saturated carbocycles. The fourth-order valence-electron chi connectivity index (χ4n) is 11.9. The van der Waals surface area contributed by atoms with E-state index in [1.165, 1.54) is 6.92 Å². The highest BCUT2D eigenvalue weighted by Gasteiger charge is 2.74. The maximum absolute atomic E-state index is 14.0. The predicted octanol–water partition coefficient (Wildman–Crippen LogP) is 6.47. The van der Waals surface area contributed by atoms with E-state index in [1.54, 1.807) is 7.11 Å². The van der Waals surface area contributed by atoms with Crippen LogP contribution >= 0.6 is 0 Å². The molecule has 5 fully saturated rings. The Labute approximate surface area is 287 Å². The van der Waals surface area contributed by atoms with Crippen molar-refractivity contribution in [2.75, 3.05) is 7.11 Å². The molecule has 0 amide bonds. The number of aliphatic hydroxyl groups excluding tert-OH is 2. The van der Waals surface area contributed by atoms with Gasteiger partial charge in [0.1, 0.15) is 12.2 Å². The van der Waals surface area contributed by atoms with Crippen LogP contribution in [0.25, 0.3) is 0 Å². The molecule has 9 heteroatoms. The summed E-state index contributed by atoms with van der Waals surface area (Å²) in [5.74, 6) is -2.22. The summed E-state index contributed by atoms with van der Waals surface area (Å²) in [5.41, 5.74) is -0.736. The van der Waals surface area contributed by atoms with Crippen LogP contribution in [0.2, 0.25) is 0 Å². The molecule has 0 aromatic carbocycles. The molecule has 0 spiro atoms. The summed E-state index contributed by atoms with van der Waals surface area (Å²) >= 11 is 0. The van der Waals surface area contributed by atoms with E-state index in [-0.39, 0.29) is 47.1 Å². The van der Waals surface area contributed by atoms with Crippen molar-refractivity contribution in [2.24, 2.45) is 51.8 Å². The molecule has 0 aromatic heterocycles. The first-order valence-corrected chi connectivity index (χ1v) is 18.7. The SMILES string of the molecule is COC1CCCC(C(=O)OC2C3C(C)C(O)CCC3(C)C3CCC4/C(=C(\CCCC(C)C)C(=O)O)C(OC(C)=O)CC4(C)C3(C)C2O)C1. The number of rotatable bonds is 9. The molecule has 9 nitrogen and oxygen atoms in total. The van der Waals surface area contributed by atoms with Gasteiger partial charge in [-0.1, -0.05) is 54.4 Å². The first-order valence-electron chi connectivity index (χ1n) is 18.7. The first kappa shape index (κ1) is 37.3. The van der Waals surface area contributed by atoms with Gasteiger partial charge >= 0.3 is 17.9 Å². The molecule has 13 unspecified atom stereocenters. The van der Waals surface area contributed by atoms with Gasteiger partial charge in [0.2, 0.25) is 0 Å². The number of aliphatic carboxylic acids is 1. The van der Waals surface area contributed by atoms with Gasteiger partial charge in [0.05, 0.1) is 24.2 Å². The number of carboxylic acids is 1. The number of esters is 2. The van der Waals surface area contributed by atoms with Crippen LogP contribution in [0.15, 0.2) is 11.1 Å². The van der Waals surface area contributed by atoms with Crippen LogP contribution in [-0.4, -0.2) is 70.9 Å². The van der Waals surface area contributed by atoms with Crippen molar-refractivity contribution in [3.8, 4) is 0 Å². The number of carbonyl (C=O) groups excluding carboxylic acids is 2. The molecule has 0 heterocycles. The van der Waals surface area contributed by atoms with Crippen molar-refractivity contribution in [1.82, 2.24) is 0 Å². The summed E-state index contributed by atoms with van der Waals surface area (Å²) in [7, 11) is 1.68. The van der Waals surface area contributed by atoms with Crippen molar-refractivity contribution >= 4 is 17.9 Å². The van der Waals surface area contributed by atoms with Gasteiger partial charge < -0.3 is 29.5 Å². The van der Waals surface area contributed by atoms with Gasteiger partial charge in [-0.15, -0.1) is 0 Å². The highest BCUT2D eigenvalue weighted by Crippen LogP contribution is 2.74. The summed E-state index contributed by atoms with van der Waals surface area (Å²) < 4.78 is 18.1. The Hall–Kier alpha value is -1.97. The van der Waals surface area contributed by atoms with Crippen LogP contribution in [0, 0.1) is 51.8 Å². The molecule has 5 rings (SSSR count). The molecule has 5 aliphatic carbocycles. The molecule has 0 saturated heterocycles. The maximum Gasteiger partial charge on any atom is 0.331 e. The third-order valence-corrected chi connectivity index (χ3v) is 14.5. The lowest BCUT2D eigenvalue weighted by atomic mass is 9.35. The van der Waals surface area contributed by atoms with Gasteiger partial charge in [0.25, 0.3) is 0 Å². The van der Waals surface area contributed by atoms with Gasteiger partial charge in [0.15, 0.2) is 0 Å². The summed E-state index contributed by atoms with van der Waals surface area (Å²) in [6, 6.07) is 0. The van der Waals surface area contributed by atoms with E-state index in [2.05, 4.69) is 34.6 Å². The Morgan fingerprint density at radius 3 is 2.33 bits per heavy atom. The van der Waals surface area contributed by atoms with Crippen LogP contribution < -0.4 is 0 Å². The average Bonchev–Trinajstić information content (AvgIpc) is 3.31. The molecule has 0 aliphatic heterocycles. The summed E-state index contributed by atoms with van der Waals surface area (Å²) in [5, 5.41) is 34.6. The minimum absolute atomic E-state index is 0.000872. The first-order chi connectivity index (χ1) is 22.5. The van der Waals surface area contributed by atoms with Crippen molar-refractivity contribution < 1.29 is 43.9 Å². The molecule has 0 radical (unpaired) electrons. The Kier molecular flexibility index (Phi) is 10.9. The van der Waals surface area contributed by atoms with Gasteiger partial charge in [0, 0.05) is 30.9 Å². The van der Waals surface area contributed by atoms with E-state index < -0.39 is 47.2 Å². The second-order valence-electron chi connectivity index (χ2n) is 17.3. The van der Waals surface area contributed by atoms with Crippen molar-refractivity contribution in [3.05, 3.63) is 11.1 Å². The van der Waals surface area contributed by atoms with E-state index in [1.807, 2.05) is 6.92 Å². The largest absolute Gasteiger partial charge is 0.478 e. The number of carboxylic acid groups (broad SMARTS) is 1. The third kappa shape index (κ3) is 6.16. The number of hydrogen-bond acceptors (Lipinski definition) is 8. The van der Waals surface area contributed by atoms with E-state index in [0.29, 0.717) is 49.2 Å². The molecule has 0 aromatic rings. The lowest BCUT2D eigenvalue weighted by Crippen LogP contribution is -2.72. The number of fused-ring (bicyclic) bond motifs is 5. The number of carbonyl (C=O) groups is 3. The van der Waals surface area contributed by atoms with Crippen LogP contribution in [0.1, 0.15) is 126 Å². The number of hydrogen-bond donors (Lipinski definition) is 3. The number of ether oxygens (including phenoxy) is 3. The monoisotopic (exact) mass is 674 g/mol. The van der Waals surface area contributed by atoms with Crippen LogP contribution in [0.5, 0.6) is 0 Å². The van der Waals surface area contributed by atoms with Crippen molar-refractivity contribution in [2.45, 2.75) is 156 Å². The normalized spacial score (nSPS) is 45.1. The molecular weight excluding hydrogens is 612 g/mol. The zero-order chi connectivity index (χ0) is 35.3. The minimum Gasteiger partial charge on any atom is -0.478 e. The zero-order valence-electron chi connectivity index (χ0n) is 30.6. The smallest absolute Gasteiger partial charge is 0.331 e. The molecular formula is C39H62O9. The van der Waals surface area contributed by atoms with E-state index in [9.17, 15) is 29.7 Å². The van der Waals surface area contributed by atoms with Gasteiger partial charge in [-0.3, -0.25) is 9.59 Å². The van der Waals surface area contributed by atoms with Gasteiger partial charge in [-0.05, 0) is 104 Å². The summed E-state index contributed by atoms with van der Waals surface area (Å²) in [6.45, 7) is 14.2. The lowest BCUT2D eigenvalue weighted by molar-refractivity contribution is -0.289. The van der Waals surface area contributed by atoms with Crippen LogP contribution in [0.4, 0.5) is 0 Å². The molecule has 13 atom stereocenters. The second-order valence-corrected chi connectivity index (χ2v) is 17.3. The molecule has 48 heavy (non-hydrogen) atoms. The standard InChI is InChI=1S/C39H62O9/c1-21(2)11-9-14-26(35(43)44)31-27-15-16-30-37(5)18-17-28(41)22(3)32(37)33(48-36(45)24-12-10-13-25(19-24)46-8)34(42)39(30,7)38(27,6)20-29(31)47-23(4)40/h21-22,24-25,27-30,32-34,41-42H,9-20H2,1-8H3,(H,43,44)/b31-26-. The fourth-order valence-corrected chi connectivity index (χ4v) is 11.9. The van der Waals surface area contributed by atoms with E-state index >= 15 is 0 Å². The lowest BCUT2D eigenvalue weighted by Gasteiger charge is -2.70. The fraction of sp³-hybridized carbons (Fsp3) is 0.872. The van der Waals surface area contributed by atoms with Crippen molar-refractivity contribution in [3.63, 3.8) is 0 Å². The van der Waals surface area contributed by atoms with Crippen LogP contribution in [0.3, 0.4) is 0 Å². The molecule has 5 aliphatic rings. The highest BCUT2D eigenvalue weighted by molar-refractivity contribution is 5.88. The van der Waals surface area contributed by atoms with Gasteiger partial charge in [-0.25, -0.2) is 4.79 Å². The maximum atomic E-state index is 14.0. The van der Waals surface area contributed by atoms with Crippen molar-refractivity contribution in [1.29, 1.82) is 0 Å². The zero-order valence-corrected chi connectivity index (χ0v) is 30.6. The Morgan fingerprint density at radius 1 is 1.00 bits per heavy atom. The Balaban J connectivity index is 1.60. The van der Waals surface area contributed by atoms with Crippen LogP contribution in [-0.2, 0) is 28.6 Å². The second kappa shape index (κ2) is 14.0. The van der Waals surface area contributed by atoms with E-state index in [4.69, 9.17) is 14.2 Å². The third-order valence-electron chi connectivity index (χ3n) is 14.5. The van der Waals surface area contributed by atoms with E-state index in [0.717, 1.165) is 44.9 Å². The Bertz CT molecular complexity index is 1260. The number of methoxy groups -OCH3 is 1. The summed E-state index contributed by atoms with van der Waals surface area (Å²) in [4.78, 5) is 39.4. The minimum atomic E-state index is -1.06. The molecule has 3 N–H and O–H groups in total. The topological polar surface area (TPSA) is 140 Å². The Morgan fingerprint density at radius 2 is 1.71 bits per heavy atom. The molecule has 272 valence electrons. The highest BCUT2D eigenvalue weighted by atomic mass is 16.6. The quantitative estimate of drug-likeness (QED) is 0.185. The van der Waals surface area contributed by atoms with Gasteiger partial charge in [-0.2, -0.15) is 0 Å². The summed E-state index contributed by atoms with van der Waals surface area (Å²) in [6.07, 6.45) is 5.22. The predicted molar refractivity (Wildman–Crippen MR) is 181 cm³/mol. The average molecular weight is 675 g/mol. The number of aliphatic hydroxyl groups is 2.